The molecule has 6 nitrogen and oxygen atoms in total. The van der Waals surface area contributed by atoms with Gasteiger partial charge in [-0.15, -0.1) is 0 Å². The number of nitrogens with one attached hydrogen (secondary N) is 1. The summed E-state index contributed by atoms with van der Waals surface area (Å²) in [4.78, 5) is 23.5. The van der Waals surface area contributed by atoms with E-state index >= 15 is 0 Å². The Hall–Kier alpha value is -3.04. The third-order valence-corrected chi connectivity index (χ3v) is 3.82. The van der Waals surface area contributed by atoms with Crippen molar-refractivity contribution in [2.45, 2.75) is 13.8 Å². The lowest BCUT2D eigenvalue weighted by Crippen LogP contribution is -2.14. The number of carbonyl (C=O) groups is 2. The van der Waals surface area contributed by atoms with Crippen LogP contribution in [-0.2, 0) is 0 Å². The lowest BCUT2D eigenvalue weighted by molar-refractivity contribution is 0.0696. The summed E-state index contributed by atoms with van der Waals surface area (Å²) in [6.45, 7) is 4.43. The molecule has 0 fully saturated rings. The van der Waals surface area contributed by atoms with Gasteiger partial charge >= 0.3 is 5.97 Å². The number of rotatable bonds is 6. The molecule has 0 aliphatic rings. The monoisotopic (exact) mass is 372 g/mol. The molecule has 0 aliphatic carbocycles. The molecule has 0 unspecified atom stereocenters. The lowest BCUT2D eigenvalue weighted by Gasteiger charge is -2.12. The summed E-state index contributed by atoms with van der Waals surface area (Å²) in [5, 5.41) is 20.8. The Kier molecular flexibility index (Phi) is 6.21. The Morgan fingerprint density at radius 1 is 1.31 bits per heavy atom. The van der Waals surface area contributed by atoms with Gasteiger partial charge in [-0.3, -0.25) is 4.79 Å². The standard InChI is InChI=1S/C19H17ClN2O4/c1-11(2)10-26-16-7-6-12(8-13(16)9-21)18(23)22-15-5-3-4-14(17(15)20)19(24)25/h3-8,11H,10H2,1-2H3,(H,22,23)(H,24,25). The summed E-state index contributed by atoms with van der Waals surface area (Å²) in [6.07, 6.45) is 0. The van der Waals surface area contributed by atoms with Gasteiger partial charge in [0.1, 0.15) is 11.8 Å². The molecule has 0 aromatic heterocycles. The highest BCUT2D eigenvalue weighted by Gasteiger charge is 2.16. The molecule has 2 N–H and O–H groups in total. The topological polar surface area (TPSA) is 99.4 Å². The molecule has 0 saturated carbocycles. The smallest absolute Gasteiger partial charge is 0.337 e. The van der Waals surface area contributed by atoms with Crippen LogP contribution in [0.2, 0.25) is 5.02 Å². The molecule has 1 amide bonds. The van der Waals surface area contributed by atoms with Crippen LogP contribution in [0.3, 0.4) is 0 Å². The van der Waals surface area contributed by atoms with Gasteiger partial charge in [0.05, 0.1) is 28.4 Å². The van der Waals surface area contributed by atoms with Crippen LogP contribution in [0.5, 0.6) is 5.75 Å². The van der Waals surface area contributed by atoms with Gasteiger partial charge in [0, 0.05) is 5.56 Å². The van der Waals surface area contributed by atoms with Gasteiger partial charge in [-0.2, -0.15) is 5.26 Å². The normalized spacial score (nSPS) is 10.3. The van der Waals surface area contributed by atoms with E-state index in [2.05, 4.69) is 5.32 Å². The van der Waals surface area contributed by atoms with E-state index in [0.717, 1.165) is 0 Å². The average molecular weight is 373 g/mol. The number of amides is 1. The summed E-state index contributed by atoms with van der Waals surface area (Å²) in [5.41, 5.74) is 0.536. The maximum atomic E-state index is 12.4. The highest BCUT2D eigenvalue weighted by molar-refractivity contribution is 6.36. The van der Waals surface area contributed by atoms with E-state index in [9.17, 15) is 14.9 Å². The number of nitrogens with zero attached hydrogens (tertiary/aromatic N) is 1. The minimum atomic E-state index is -1.19. The molecule has 0 atom stereocenters. The van der Waals surface area contributed by atoms with Crippen molar-refractivity contribution in [1.29, 1.82) is 5.26 Å². The molecule has 0 spiro atoms. The van der Waals surface area contributed by atoms with Gasteiger partial charge in [0.2, 0.25) is 0 Å². The second kappa shape index (κ2) is 8.37. The Morgan fingerprint density at radius 2 is 2.04 bits per heavy atom. The van der Waals surface area contributed by atoms with Crippen LogP contribution in [0, 0.1) is 17.2 Å². The van der Waals surface area contributed by atoms with Gasteiger partial charge in [-0.05, 0) is 36.2 Å². The van der Waals surface area contributed by atoms with Crippen LogP contribution < -0.4 is 10.1 Å². The van der Waals surface area contributed by atoms with Crippen LogP contribution in [0.15, 0.2) is 36.4 Å². The summed E-state index contributed by atoms with van der Waals surface area (Å²) < 4.78 is 5.56. The Bertz CT molecular complexity index is 888. The number of anilines is 1. The number of carboxylic acids is 1. The third kappa shape index (κ3) is 4.52. The van der Waals surface area contributed by atoms with Crippen molar-refractivity contribution >= 4 is 29.2 Å². The SMILES string of the molecule is CC(C)COc1ccc(C(=O)Nc2cccc(C(=O)O)c2Cl)cc1C#N. The van der Waals surface area contributed by atoms with E-state index in [0.29, 0.717) is 18.3 Å². The van der Waals surface area contributed by atoms with E-state index in [-0.39, 0.29) is 27.4 Å². The first-order valence-corrected chi connectivity index (χ1v) is 8.21. The minimum Gasteiger partial charge on any atom is -0.492 e. The second-order valence-electron chi connectivity index (χ2n) is 5.95. The van der Waals surface area contributed by atoms with Crippen LogP contribution >= 0.6 is 11.6 Å². The molecule has 2 aromatic rings. The number of aromatic carboxylic acids is 1. The van der Waals surface area contributed by atoms with Crippen molar-refractivity contribution in [3.05, 3.63) is 58.1 Å². The molecule has 7 heteroatoms. The maximum absolute atomic E-state index is 12.4. The number of ether oxygens (including phenoxy) is 1. The zero-order valence-corrected chi connectivity index (χ0v) is 15.0. The van der Waals surface area contributed by atoms with E-state index in [1.165, 1.54) is 30.3 Å². The molecule has 134 valence electrons. The average Bonchev–Trinajstić information content (AvgIpc) is 2.61. The van der Waals surface area contributed by atoms with Crippen molar-refractivity contribution in [3.8, 4) is 11.8 Å². The highest BCUT2D eigenvalue weighted by Crippen LogP contribution is 2.27. The molecular formula is C19H17ClN2O4. The number of benzene rings is 2. The predicted molar refractivity (Wildman–Crippen MR) is 97.9 cm³/mol. The van der Waals surface area contributed by atoms with Gasteiger partial charge < -0.3 is 15.2 Å². The number of carbonyl (C=O) groups excluding carboxylic acids is 1. The first kappa shape index (κ1) is 19.3. The second-order valence-corrected chi connectivity index (χ2v) is 6.33. The van der Waals surface area contributed by atoms with Gasteiger partial charge in [-0.1, -0.05) is 31.5 Å². The third-order valence-electron chi connectivity index (χ3n) is 3.41. The first-order chi connectivity index (χ1) is 12.3. The molecule has 0 heterocycles. The molecule has 26 heavy (non-hydrogen) atoms. The summed E-state index contributed by atoms with van der Waals surface area (Å²) in [5.74, 6) is -0.998. The molecule has 0 aliphatic heterocycles. The number of halogens is 1. The van der Waals surface area contributed by atoms with Crippen molar-refractivity contribution in [3.63, 3.8) is 0 Å². The number of hydrogen-bond acceptors (Lipinski definition) is 4. The van der Waals surface area contributed by atoms with E-state index in [4.69, 9.17) is 21.4 Å². The van der Waals surface area contributed by atoms with Crippen LogP contribution in [0.25, 0.3) is 0 Å². The molecule has 0 saturated heterocycles. The van der Waals surface area contributed by atoms with Crippen molar-refractivity contribution in [2.24, 2.45) is 5.92 Å². The Morgan fingerprint density at radius 3 is 2.65 bits per heavy atom. The van der Waals surface area contributed by atoms with Gasteiger partial charge in [0.15, 0.2) is 0 Å². The first-order valence-electron chi connectivity index (χ1n) is 7.83. The number of nitriles is 1. The molecule has 2 aromatic carbocycles. The van der Waals surface area contributed by atoms with E-state index < -0.39 is 11.9 Å². The summed E-state index contributed by atoms with van der Waals surface area (Å²) in [7, 11) is 0. The zero-order valence-electron chi connectivity index (χ0n) is 14.2. The molecule has 2 rings (SSSR count). The summed E-state index contributed by atoms with van der Waals surface area (Å²) >= 11 is 6.02. The quantitative estimate of drug-likeness (QED) is 0.791. The Balaban J connectivity index is 2.24. The van der Waals surface area contributed by atoms with E-state index in [1.807, 2.05) is 19.9 Å². The van der Waals surface area contributed by atoms with Gasteiger partial charge in [0.25, 0.3) is 5.91 Å². The molecular weight excluding hydrogens is 356 g/mol. The molecule has 0 radical (unpaired) electrons. The van der Waals surface area contributed by atoms with E-state index in [1.54, 1.807) is 6.07 Å². The predicted octanol–water partition coefficient (Wildman–Crippen LogP) is 4.20. The van der Waals surface area contributed by atoms with Gasteiger partial charge in [-0.25, -0.2) is 4.79 Å². The highest BCUT2D eigenvalue weighted by atomic mass is 35.5. The van der Waals surface area contributed by atoms with Crippen LogP contribution in [0.1, 0.15) is 40.1 Å². The lowest BCUT2D eigenvalue weighted by atomic mass is 10.1. The minimum absolute atomic E-state index is 0.0641. The Labute approximate surface area is 156 Å². The van der Waals surface area contributed by atoms with Crippen LogP contribution in [-0.4, -0.2) is 23.6 Å². The number of hydrogen-bond donors (Lipinski definition) is 2. The fourth-order valence-corrected chi connectivity index (χ4v) is 2.38. The van der Waals surface area contributed by atoms with Crippen LogP contribution in [0.4, 0.5) is 5.69 Å². The molecule has 0 bridgehead atoms. The number of carboxylic acid groups (broad SMARTS) is 1. The fraction of sp³-hybridized carbons (Fsp3) is 0.211. The van der Waals surface area contributed by atoms with Crippen molar-refractivity contribution < 1.29 is 19.4 Å². The van der Waals surface area contributed by atoms with Crippen molar-refractivity contribution in [1.82, 2.24) is 0 Å². The van der Waals surface area contributed by atoms with Crippen molar-refractivity contribution in [2.75, 3.05) is 11.9 Å². The maximum Gasteiger partial charge on any atom is 0.337 e. The zero-order chi connectivity index (χ0) is 19.3. The summed E-state index contributed by atoms with van der Waals surface area (Å²) in [6, 6.07) is 10.8. The fourth-order valence-electron chi connectivity index (χ4n) is 2.13. The largest absolute Gasteiger partial charge is 0.492 e.